The van der Waals surface area contributed by atoms with Crippen molar-refractivity contribution in [3.63, 3.8) is 0 Å². The number of aliphatic imine (C=N–C) groups is 1. The second-order valence-electron chi connectivity index (χ2n) is 3.59. The van der Waals surface area contributed by atoms with Crippen LogP contribution < -0.4 is 11.5 Å². The number of hydrogen-bond donors (Lipinski definition) is 3. The van der Waals surface area contributed by atoms with E-state index in [0.717, 1.165) is 16.6 Å². The topological polar surface area (TPSA) is 109 Å². The lowest BCUT2D eigenvalue weighted by Gasteiger charge is -2.15. The zero-order valence-corrected chi connectivity index (χ0v) is 12.6. The molecule has 0 spiro atoms. The summed E-state index contributed by atoms with van der Waals surface area (Å²) in [5.74, 6) is -0.179. The molecule has 0 aliphatic heterocycles. The minimum absolute atomic E-state index is 0.0825. The fraction of sp³-hybridized carbons (Fsp3) is 0.300. The summed E-state index contributed by atoms with van der Waals surface area (Å²) in [6, 6.07) is 3.68. The molecule has 0 aromatic carbocycles. The number of halogens is 1. The van der Waals surface area contributed by atoms with Crippen molar-refractivity contribution in [1.82, 2.24) is 4.90 Å². The Bertz CT molecular complexity index is 498. The highest BCUT2D eigenvalue weighted by Crippen LogP contribution is 2.22. The highest BCUT2D eigenvalue weighted by atomic mass is 35.5. The van der Waals surface area contributed by atoms with Crippen molar-refractivity contribution in [3.8, 4) is 0 Å². The van der Waals surface area contributed by atoms with Gasteiger partial charge in [-0.05, 0) is 12.1 Å². The van der Waals surface area contributed by atoms with Crippen LogP contribution in [0.15, 0.2) is 17.1 Å². The van der Waals surface area contributed by atoms with Gasteiger partial charge in [0.1, 0.15) is 0 Å². The number of thiophene rings is 1. The average Bonchev–Trinajstić information content (AvgIpc) is 2.70. The minimum atomic E-state index is -0.188. The fourth-order valence-electron chi connectivity index (χ4n) is 1.15. The molecule has 0 atom stereocenters. The summed E-state index contributed by atoms with van der Waals surface area (Å²) in [5, 5.41) is 7.32. The van der Waals surface area contributed by atoms with Crippen molar-refractivity contribution in [2.24, 2.45) is 16.5 Å². The van der Waals surface area contributed by atoms with Gasteiger partial charge in [0.25, 0.3) is 0 Å². The van der Waals surface area contributed by atoms with E-state index in [2.05, 4.69) is 4.99 Å². The van der Waals surface area contributed by atoms with Crippen LogP contribution >= 0.6 is 34.7 Å². The van der Waals surface area contributed by atoms with Gasteiger partial charge in [-0.25, -0.2) is 0 Å². The highest BCUT2D eigenvalue weighted by molar-refractivity contribution is 8.14. The molecule has 19 heavy (non-hydrogen) atoms. The van der Waals surface area contributed by atoms with Gasteiger partial charge in [0.2, 0.25) is 5.91 Å². The van der Waals surface area contributed by atoms with Crippen molar-refractivity contribution in [1.29, 1.82) is 5.41 Å². The first kappa shape index (κ1) is 15.8. The number of nitrogens with zero attached hydrogens (tertiary/aromatic N) is 2. The van der Waals surface area contributed by atoms with Crippen molar-refractivity contribution >= 4 is 51.7 Å². The number of guanidine groups is 1. The predicted molar refractivity (Wildman–Crippen MR) is 81.8 cm³/mol. The maximum absolute atomic E-state index is 11.8. The third-order valence-corrected chi connectivity index (χ3v) is 3.98. The molecule has 6 nitrogen and oxygen atoms in total. The first-order chi connectivity index (χ1) is 8.88. The van der Waals surface area contributed by atoms with E-state index in [1.165, 1.54) is 11.3 Å². The Morgan fingerprint density at radius 1 is 1.58 bits per heavy atom. The fourth-order valence-corrected chi connectivity index (χ4v) is 2.94. The normalized spacial score (nSPS) is 10.0. The van der Waals surface area contributed by atoms with Crippen LogP contribution in [0.3, 0.4) is 0 Å². The number of amidine groups is 1. The summed E-state index contributed by atoms with van der Waals surface area (Å²) >= 11 is 8.23. The number of thioether (sulfide) groups is 1. The van der Waals surface area contributed by atoms with Gasteiger partial charge in [-0.3, -0.25) is 10.2 Å². The summed E-state index contributed by atoms with van der Waals surface area (Å²) in [5.41, 5.74) is 10.3. The third kappa shape index (κ3) is 5.95. The number of carbonyl (C=O) groups excluding carboxylic acids is 1. The first-order valence-electron chi connectivity index (χ1n) is 5.17. The van der Waals surface area contributed by atoms with Gasteiger partial charge in [-0.15, -0.1) is 11.3 Å². The standard InChI is InChI=1S/C10H14ClN5OS2/c1-16(4-6-2-3-7(11)19-6)8(17)5-18-10(14)15-9(12)13/h2-3H,4-5H2,1H3,(H5,12,13,14,15). The van der Waals surface area contributed by atoms with E-state index in [1.807, 2.05) is 6.07 Å². The van der Waals surface area contributed by atoms with Crippen LogP contribution in [0.1, 0.15) is 4.88 Å². The Kier molecular flexibility index (Phi) is 6.13. The van der Waals surface area contributed by atoms with E-state index in [4.69, 9.17) is 28.5 Å². The van der Waals surface area contributed by atoms with Crippen molar-refractivity contribution in [2.75, 3.05) is 12.8 Å². The van der Waals surface area contributed by atoms with Crippen LogP contribution in [0.5, 0.6) is 0 Å². The largest absolute Gasteiger partial charge is 0.370 e. The molecule has 5 N–H and O–H groups in total. The van der Waals surface area contributed by atoms with Crippen LogP contribution in [0.2, 0.25) is 4.34 Å². The lowest BCUT2D eigenvalue weighted by molar-refractivity contribution is -0.127. The van der Waals surface area contributed by atoms with Gasteiger partial charge >= 0.3 is 0 Å². The zero-order chi connectivity index (χ0) is 14.4. The van der Waals surface area contributed by atoms with E-state index < -0.39 is 0 Å². The van der Waals surface area contributed by atoms with E-state index in [-0.39, 0.29) is 22.8 Å². The van der Waals surface area contributed by atoms with Crippen LogP contribution in [0.25, 0.3) is 0 Å². The molecule has 1 aromatic heterocycles. The maximum atomic E-state index is 11.8. The lowest BCUT2D eigenvalue weighted by atomic mass is 10.4. The summed E-state index contributed by atoms with van der Waals surface area (Å²) in [7, 11) is 1.70. The molecule has 0 saturated carbocycles. The Morgan fingerprint density at radius 3 is 2.79 bits per heavy atom. The molecule has 0 bridgehead atoms. The van der Waals surface area contributed by atoms with Gasteiger partial charge in [-0.1, -0.05) is 23.4 Å². The molecule has 1 heterocycles. The molecule has 1 aromatic rings. The van der Waals surface area contributed by atoms with Gasteiger partial charge in [0.05, 0.1) is 16.6 Å². The van der Waals surface area contributed by atoms with Crippen molar-refractivity contribution in [2.45, 2.75) is 6.54 Å². The monoisotopic (exact) mass is 319 g/mol. The molecule has 1 rings (SSSR count). The Hall–Kier alpha value is -1.25. The Labute approximate surface area is 124 Å². The van der Waals surface area contributed by atoms with Crippen LogP contribution in [-0.2, 0) is 11.3 Å². The summed E-state index contributed by atoms with van der Waals surface area (Å²) in [4.78, 5) is 17.9. The second-order valence-corrected chi connectivity index (χ2v) is 6.35. The maximum Gasteiger partial charge on any atom is 0.233 e. The molecule has 0 radical (unpaired) electrons. The lowest BCUT2D eigenvalue weighted by Crippen LogP contribution is -2.28. The molecule has 0 unspecified atom stereocenters. The molecule has 0 fully saturated rings. The highest BCUT2D eigenvalue weighted by Gasteiger charge is 2.11. The number of nitrogens with one attached hydrogen (secondary N) is 1. The van der Waals surface area contributed by atoms with Crippen LogP contribution in [0.4, 0.5) is 0 Å². The smallest absolute Gasteiger partial charge is 0.233 e. The van der Waals surface area contributed by atoms with Crippen molar-refractivity contribution < 1.29 is 4.79 Å². The SMILES string of the molecule is CN(Cc1ccc(Cl)s1)C(=O)CSC(=N)N=C(N)N. The molecule has 0 aliphatic carbocycles. The quantitative estimate of drug-likeness (QED) is 0.574. The number of carbonyl (C=O) groups is 1. The van der Waals surface area contributed by atoms with Crippen molar-refractivity contribution in [3.05, 3.63) is 21.3 Å². The van der Waals surface area contributed by atoms with Gasteiger partial charge < -0.3 is 16.4 Å². The van der Waals surface area contributed by atoms with E-state index >= 15 is 0 Å². The number of rotatable bonds is 4. The summed E-state index contributed by atoms with van der Waals surface area (Å²) in [6.07, 6.45) is 0. The molecule has 9 heteroatoms. The number of amides is 1. The molecular formula is C10H14ClN5OS2. The van der Waals surface area contributed by atoms with Gasteiger partial charge in [0, 0.05) is 11.9 Å². The van der Waals surface area contributed by atoms with E-state index in [1.54, 1.807) is 18.0 Å². The summed E-state index contributed by atoms with van der Waals surface area (Å²) in [6.45, 7) is 0.492. The zero-order valence-electron chi connectivity index (χ0n) is 10.2. The molecular weight excluding hydrogens is 306 g/mol. The molecule has 0 aliphatic rings. The Balaban J connectivity index is 2.41. The molecule has 0 saturated heterocycles. The van der Waals surface area contributed by atoms with E-state index in [9.17, 15) is 4.79 Å². The first-order valence-corrected chi connectivity index (χ1v) is 7.35. The van der Waals surface area contributed by atoms with Gasteiger partial charge in [-0.2, -0.15) is 4.99 Å². The summed E-state index contributed by atoms with van der Waals surface area (Å²) < 4.78 is 0.694. The molecule has 1 amide bonds. The minimum Gasteiger partial charge on any atom is -0.370 e. The Morgan fingerprint density at radius 2 is 2.26 bits per heavy atom. The van der Waals surface area contributed by atoms with Gasteiger partial charge in [0.15, 0.2) is 11.1 Å². The number of nitrogens with two attached hydrogens (primary N) is 2. The van der Waals surface area contributed by atoms with Crippen LogP contribution in [0, 0.1) is 5.41 Å². The molecule has 104 valence electrons. The number of hydrogen-bond acceptors (Lipinski definition) is 4. The second kappa shape index (κ2) is 7.37. The van der Waals surface area contributed by atoms with E-state index in [0.29, 0.717) is 10.9 Å². The average molecular weight is 320 g/mol. The third-order valence-electron chi connectivity index (χ3n) is 2.01. The predicted octanol–water partition coefficient (Wildman–Crippen LogP) is 1.30. The van der Waals surface area contributed by atoms with Crippen LogP contribution in [-0.4, -0.2) is 34.7 Å².